The number of hydrogen-bond acceptors (Lipinski definition) is 6. The molecule has 1 saturated heterocycles. The Balaban J connectivity index is 1.57. The third kappa shape index (κ3) is 4.10. The van der Waals surface area contributed by atoms with Gasteiger partial charge in [-0.25, -0.2) is 13.6 Å². The fourth-order valence-electron chi connectivity index (χ4n) is 2.91. The molecule has 2 aromatic carbocycles. The molecule has 0 aliphatic carbocycles. The highest BCUT2D eigenvalue weighted by atomic mass is 32.2. The predicted octanol–water partition coefficient (Wildman–Crippen LogP) is 4.94. The van der Waals surface area contributed by atoms with Gasteiger partial charge in [0.05, 0.1) is 15.5 Å². The van der Waals surface area contributed by atoms with Gasteiger partial charge in [0.25, 0.3) is 5.24 Å². The summed E-state index contributed by atoms with van der Waals surface area (Å²) < 4.78 is 28.6. The van der Waals surface area contributed by atoms with E-state index in [4.69, 9.17) is 21.8 Å². The Labute approximate surface area is 183 Å². The van der Waals surface area contributed by atoms with Gasteiger partial charge >= 0.3 is 0 Å². The SMILES string of the molecule is Cc1ccc(N2C(=O)S/C(=C\c3ccc(-c4ccc(S(N)(=O)=O)cc4)o3)C2=S)cc1. The van der Waals surface area contributed by atoms with Gasteiger partial charge in [-0.3, -0.25) is 9.69 Å². The molecule has 30 heavy (non-hydrogen) atoms. The van der Waals surface area contributed by atoms with Crippen molar-refractivity contribution in [2.45, 2.75) is 11.8 Å². The molecule has 3 aromatic rings. The average Bonchev–Trinajstić information content (AvgIpc) is 3.27. The number of rotatable bonds is 4. The van der Waals surface area contributed by atoms with Crippen LogP contribution in [-0.2, 0) is 10.0 Å². The average molecular weight is 457 g/mol. The van der Waals surface area contributed by atoms with Crippen molar-refractivity contribution in [2.75, 3.05) is 4.90 Å². The quantitative estimate of drug-likeness (QED) is 0.441. The summed E-state index contributed by atoms with van der Waals surface area (Å²) in [5, 5.41) is 4.95. The monoisotopic (exact) mass is 456 g/mol. The summed E-state index contributed by atoms with van der Waals surface area (Å²) in [6.45, 7) is 1.98. The normalized spacial score (nSPS) is 15.9. The summed E-state index contributed by atoms with van der Waals surface area (Å²) in [5.41, 5.74) is 2.52. The number of anilines is 1. The van der Waals surface area contributed by atoms with Gasteiger partial charge in [0, 0.05) is 5.56 Å². The lowest BCUT2D eigenvalue weighted by Crippen LogP contribution is -2.26. The van der Waals surface area contributed by atoms with Gasteiger partial charge < -0.3 is 4.42 Å². The van der Waals surface area contributed by atoms with Gasteiger partial charge in [0.2, 0.25) is 10.0 Å². The lowest BCUT2D eigenvalue weighted by Gasteiger charge is -2.14. The number of aryl methyl sites for hydroxylation is 1. The van der Waals surface area contributed by atoms with Crippen molar-refractivity contribution in [3.63, 3.8) is 0 Å². The third-order valence-corrected chi connectivity index (χ3v) is 6.80. The zero-order valence-electron chi connectivity index (χ0n) is 15.7. The number of thiocarbonyl (C=S) groups is 1. The highest BCUT2D eigenvalue weighted by Crippen LogP contribution is 2.37. The van der Waals surface area contributed by atoms with Gasteiger partial charge in [-0.15, -0.1) is 0 Å². The first-order chi connectivity index (χ1) is 14.2. The van der Waals surface area contributed by atoms with Gasteiger partial charge in [0.15, 0.2) is 0 Å². The van der Waals surface area contributed by atoms with Crippen LogP contribution in [0, 0.1) is 6.92 Å². The number of primary sulfonamides is 1. The number of furan rings is 1. The fourth-order valence-corrected chi connectivity index (χ4v) is 4.68. The van der Waals surface area contributed by atoms with E-state index >= 15 is 0 Å². The van der Waals surface area contributed by atoms with E-state index in [0.717, 1.165) is 23.0 Å². The van der Waals surface area contributed by atoms with Gasteiger partial charge in [-0.2, -0.15) is 0 Å². The molecular formula is C21H16N2O4S3. The number of carbonyl (C=O) groups excluding carboxylic acids is 1. The van der Waals surface area contributed by atoms with Crippen LogP contribution < -0.4 is 10.0 Å². The number of benzene rings is 2. The van der Waals surface area contributed by atoms with E-state index in [0.29, 0.717) is 27.0 Å². The molecule has 2 N–H and O–H groups in total. The van der Waals surface area contributed by atoms with Crippen molar-refractivity contribution in [3.8, 4) is 11.3 Å². The van der Waals surface area contributed by atoms with Gasteiger partial charge in [-0.05, 0) is 73.3 Å². The molecule has 1 aromatic heterocycles. The van der Waals surface area contributed by atoms with Crippen molar-refractivity contribution in [3.05, 3.63) is 76.9 Å². The second-order valence-corrected chi connectivity index (χ2v) is 9.57. The van der Waals surface area contributed by atoms with E-state index in [9.17, 15) is 13.2 Å². The molecular weight excluding hydrogens is 440 g/mol. The molecule has 1 amide bonds. The minimum atomic E-state index is -3.75. The highest BCUT2D eigenvalue weighted by Gasteiger charge is 2.33. The van der Waals surface area contributed by atoms with E-state index < -0.39 is 10.0 Å². The topological polar surface area (TPSA) is 93.6 Å². The maximum atomic E-state index is 12.5. The first kappa shape index (κ1) is 20.5. The van der Waals surface area contributed by atoms with Gasteiger partial charge in [0.1, 0.15) is 16.5 Å². The number of carbonyl (C=O) groups is 1. The van der Waals surface area contributed by atoms with Crippen LogP contribution in [0.15, 0.2) is 74.9 Å². The second-order valence-electron chi connectivity index (χ2n) is 6.62. The van der Waals surface area contributed by atoms with Crippen molar-refractivity contribution in [1.82, 2.24) is 0 Å². The van der Waals surface area contributed by atoms with Gasteiger partial charge in [-0.1, -0.05) is 29.9 Å². The molecule has 1 aliphatic rings. The van der Waals surface area contributed by atoms with Crippen LogP contribution in [0.4, 0.5) is 10.5 Å². The van der Waals surface area contributed by atoms with Crippen LogP contribution >= 0.6 is 24.0 Å². The standard InChI is InChI=1S/C21H16N2O4S3/c1-13-2-6-15(7-3-13)23-20(28)19(29-21(23)24)12-16-8-11-18(27-16)14-4-9-17(10-5-14)30(22,25)26/h2-12H,1H3,(H2,22,25,26)/b19-12-. The fraction of sp³-hybridized carbons (Fsp3) is 0.0476. The summed E-state index contributed by atoms with van der Waals surface area (Å²) in [4.78, 5) is 15.1. The van der Waals surface area contributed by atoms with Crippen molar-refractivity contribution >= 4 is 56.0 Å². The molecule has 6 nitrogen and oxygen atoms in total. The second kappa shape index (κ2) is 7.84. The largest absolute Gasteiger partial charge is 0.457 e. The maximum Gasteiger partial charge on any atom is 0.296 e. The molecule has 1 aliphatic heterocycles. The maximum absolute atomic E-state index is 12.5. The van der Waals surface area contributed by atoms with E-state index in [1.807, 2.05) is 31.2 Å². The predicted molar refractivity (Wildman–Crippen MR) is 123 cm³/mol. The molecule has 1 fully saturated rings. The Morgan fingerprint density at radius 1 is 1.03 bits per heavy atom. The van der Waals surface area contributed by atoms with Crippen LogP contribution in [0.25, 0.3) is 17.4 Å². The Morgan fingerprint density at radius 3 is 2.33 bits per heavy atom. The molecule has 4 rings (SSSR count). The molecule has 0 atom stereocenters. The number of sulfonamides is 1. The van der Waals surface area contributed by atoms with Crippen LogP contribution in [-0.4, -0.2) is 18.6 Å². The molecule has 0 unspecified atom stereocenters. The van der Waals surface area contributed by atoms with Crippen molar-refractivity contribution in [2.24, 2.45) is 5.14 Å². The van der Waals surface area contributed by atoms with E-state index in [2.05, 4.69) is 0 Å². The van der Waals surface area contributed by atoms with E-state index in [1.165, 1.54) is 17.0 Å². The summed E-state index contributed by atoms with van der Waals surface area (Å²) in [6.07, 6.45) is 1.72. The Bertz CT molecular complexity index is 1270. The number of thioether (sulfide) groups is 1. The molecule has 9 heteroatoms. The molecule has 0 bridgehead atoms. The summed E-state index contributed by atoms with van der Waals surface area (Å²) in [5.74, 6) is 1.09. The first-order valence-electron chi connectivity index (χ1n) is 8.80. The number of nitrogens with two attached hydrogens (primary N) is 1. The van der Waals surface area contributed by atoms with Crippen molar-refractivity contribution < 1.29 is 17.6 Å². The highest BCUT2D eigenvalue weighted by molar-refractivity contribution is 8.20. The van der Waals surface area contributed by atoms with Crippen LogP contribution in [0.5, 0.6) is 0 Å². The third-order valence-electron chi connectivity index (χ3n) is 4.45. The Kier molecular flexibility index (Phi) is 5.37. The number of nitrogens with zero attached hydrogens (tertiary/aromatic N) is 1. The van der Waals surface area contributed by atoms with Crippen molar-refractivity contribution in [1.29, 1.82) is 0 Å². The van der Waals surface area contributed by atoms with E-state index in [-0.39, 0.29) is 10.1 Å². The summed E-state index contributed by atoms with van der Waals surface area (Å²) in [7, 11) is -3.75. The molecule has 0 saturated carbocycles. The minimum Gasteiger partial charge on any atom is -0.457 e. The summed E-state index contributed by atoms with van der Waals surface area (Å²) >= 11 is 6.56. The first-order valence-corrected chi connectivity index (χ1v) is 11.6. The number of hydrogen-bond donors (Lipinski definition) is 1. The number of amides is 1. The van der Waals surface area contributed by atoms with Crippen LogP contribution in [0.2, 0.25) is 0 Å². The molecule has 152 valence electrons. The Morgan fingerprint density at radius 2 is 1.70 bits per heavy atom. The molecule has 0 spiro atoms. The minimum absolute atomic E-state index is 0.0301. The summed E-state index contributed by atoms with van der Waals surface area (Å²) in [6, 6.07) is 17.2. The lowest BCUT2D eigenvalue weighted by atomic mass is 10.2. The van der Waals surface area contributed by atoms with Crippen LogP contribution in [0.1, 0.15) is 11.3 Å². The smallest absolute Gasteiger partial charge is 0.296 e. The zero-order chi connectivity index (χ0) is 21.5. The zero-order valence-corrected chi connectivity index (χ0v) is 18.2. The molecule has 0 radical (unpaired) electrons. The van der Waals surface area contributed by atoms with Crippen LogP contribution in [0.3, 0.4) is 0 Å². The van der Waals surface area contributed by atoms with E-state index in [1.54, 1.807) is 30.3 Å². The lowest BCUT2D eigenvalue weighted by molar-refractivity contribution is 0.268. The Hall–Kier alpha value is -2.72. The molecule has 2 heterocycles.